The molecule has 1 aromatic heterocycles. The monoisotopic (exact) mass is 444 g/mol. The molecule has 0 aliphatic carbocycles. The lowest BCUT2D eigenvalue weighted by Gasteiger charge is -2.40. The van der Waals surface area contributed by atoms with E-state index >= 15 is 0 Å². The fourth-order valence-corrected chi connectivity index (χ4v) is 4.62. The lowest BCUT2D eigenvalue weighted by Crippen LogP contribution is -2.40. The van der Waals surface area contributed by atoms with Crippen LogP contribution in [0.15, 0.2) is 42.6 Å². The number of aromatic amines is 1. The van der Waals surface area contributed by atoms with Gasteiger partial charge < -0.3 is 19.6 Å². The van der Waals surface area contributed by atoms with E-state index in [2.05, 4.69) is 9.88 Å². The minimum Gasteiger partial charge on any atom is -0.496 e. The fourth-order valence-electron chi connectivity index (χ4n) is 4.62. The molecule has 0 amide bonds. The number of hydrogen-bond donors (Lipinski definition) is 2. The predicted molar refractivity (Wildman–Crippen MR) is 116 cm³/mol. The van der Waals surface area contributed by atoms with Crippen LogP contribution in [-0.2, 0) is 11.3 Å². The predicted octanol–water partition coefficient (Wildman–Crippen LogP) is 5.13. The number of H-pyrrole nitrogens is 1. The van der Waals surface area contributed by atoms with Gasteiger partial charge in [-0.25, -0.2) is 4.79 Å². The SMILES string of the molecule is COc1cc(C)c2[nH]ccc2c1CN1CCC(OC(F)F)CC1c1ccc(C(=O)O)cc1. The van der Waals surface area contributed by atoms with Gasteiger partial charge in [0.05, 0.1) is 18.8 Å². The van der Waals surface area contributed by atoms with Crippen molar-refractivity contribution >= 4 is 16.9 Å². The van der Waals surface area contributed by atoms with Gasteiger partial charge in [-0.1, -0.05) is 12.1 Å². The maximum Gasteiger partial charge on any atom is 0.345 e. The van der Waals surface area contributed by atoms with E-state index in [9.17, 15) is 18.7 Å². The minimum absolute atomic E-state index is 0.186. The number of carboxylic acids is 1. The molecule has 0 spiro atoms. The number of likely N-dealkylation sites (tertiary alicyclic amines) is 1. The molecule has 0 radical (unpaired) electrons. The molecule has 1 aliphatic rings. The highest BCUT2D eigenvalue weighted by Gasteiger charge is 2.32. The lowest BCUT2D eigenvalue weighted by atomic mass is 9.91. The molecule has 32 heavy (non-hydrogen) atoms. The number of nitrogens with zero attached hydrogens (tertiary/aromatic N) is 1. The molecular weight excluding hydrogens is 418 g/mol. The molecule has 2 unspecified atom stereocenters. The van der Waals surface area contributed by atoms with Crippen LogP contribution in [0.25, 0.3) is 10.9 Å². The molecule has 2 atom stereocenters. The average Bonchev–Trinajstić information content (AvgIpc) is 3.27. The third-order valence-electron chi connectivity index (χ3n) is 6.20. The number of halogens is 2. The van der Waals surface area contributed by atoms with Gasteiger partial charge in [0, 0.05) is 41.8 Å². The summed E-state index contributed by atoms with van der Waals surface area (Å²) in [6.45, 7) is 0.319. The first-order valence-corrected chi connectivity index (χ1v) is 10.5. The third-order valence-corrected chi connectivity index (χ3v) is 6.20. The first-order chi connectivity index (χ1) is 15.4. The molecule has 2 aromatic carbocycles. The van der Waals surface area contributed by atoms with Crippen LogP contribution in [0.5, 0.6) is 5.75 Å². The molecule has 3 aromatic rings. The molecule has 2 heterocycles. The molecule has 1 fully saturated rings. The number of methoxy groups -OCH3 is 1. The molecule has 1 saturated heterocycles. The van der Waals surface area contributed by atoms with E-state index in [4.69, 9.17) is 9.47 Å². The number of hydrogen-bond acceptors (Lipinski definition) is 4. The van der Waals surface area contributed by atoms with Crippen LogP contribution in [-0.4, -0.2) is 47.3 Å². The van der Waals surface area contributed by atoms with Gasteiger partial charge in [0.25, 0.3) is 0 Å². The molecule has 0 bridgehead atoms. The normalized spacial score (nSPS) is 19.5. The van der Waals surface area contributed by atoms with Crippen LogP contribution in [0.1, 0.15) is 45.9 Å². The van der Waals surface area contributed by atoms with Crippen molar-refractivity contribution in [3.63, 3.8) is 0 Å². The molecule has 8 heteroatoms. The van der Waals surface area contributed by atoms with Crippen molar-refractivity contribution < 1.29 is 28.2 Å². The zero-order valence-corrected chi connectivity index (χ0v) is 18.0. The lowest BCUT2D eigenvalue weighted by molar-refractivity contribution is -0.178. The Balaban J connectivity index is 1.68. The van der Waals surface area contributed by atoms with Crippen molar-refractivity contribution in [2.45, 2.75) is 45.1 Å². The van der Waals surface area contributed by atoms with E-state index in [-0.39, 0.29) is 11.6 Å². The molecule has 6 nitrogen and oxygen atoms in total. The maximum atomic E-state index is 12.9. The summed E-state index contributed by atoms with van der Waals surface area (Å²) in [4.78, 5) is 16.7. The summed E-state index contributed by atoms with van der Waals surface area (Å²) >= 11 is 0. The van der Waals surface area contributed by atoms with Crippen LogP contribution in [0.3, 0.4) is 0 Å². The number of carbonyl (C=O) groups is 1. The van der Waals surface area contributed by atoms with E-state index in [1.807, 2.05) is 25.3 Å². The smallest absolute Gasteiger partial charge is 0.345 e. The third kappa shape index (κ3) is 4.47. The van der Waals surface area contributed by atoms with Gasteiger partial charge in [-0.15, -0.1) is 0 Å². The Morgan fingerprint density at radius 3 is 2.69 bits per heavy atom. The van der Waals surface area contributed by atoms with Gasteiger partial charge >= 0.3 is 12.6 Å². The van der Waals surface area contributed by atoms with Crippen LogP contribution < -0.4 is 4.74 Å². The van der Waals surface area contributed by atoms with E-state index in [1.165, 1.54) is 0 Å². The van der Waals surface area contributed by atoms with Crippen LogP contribution >= 0.6 is 0 Å². The van der Waals surface area contributed by atoms with Gasteiger partial charge in [-0.3, -0.25) is 4.90 Å². The number of alkyl halides is 2. The topological polar surface area (TPSA) is 74.8 Å². The van der Waals surface area contributed by atoms with Crippen LogP contribution in [0.4, 0.5) is 8.78 Å². The first-order valence-electron chi connectivity index (χ1n) is 10.5. The molecule has 0 saturated carbocycles. The van der Waals surface area contributed by atoms with Crippen molar-refractivity contribution in [2.24, 2.45) is 0 Å². The number of aromatic nitrogens is 1. The quantitative estimate of drug-likeness (QED) is 0.529. The molecule has 170 valence electrons. The number of ether oxygens (including phenoxy) is 2. The van der Waals surface area contributed by atoms with Crippen LogP contribution in [0, 0.1) is 6.92 Å². The Morgan fingerprint density at radius 2 is 2.03 bits per heavy atom. The first kappa shape index (κ1) is 22.2. The Hall–Kier alpha value is -2.97. The van der Waals surface area contributed by atoms with E-state index < -0.39 is 18.7 Å². The number of carboxylic acid groups (broad SMARTS) is 1. The summed E-state index contributed by atoms with van der Waals surface area (Å²) in [5.41, 5.74) is 4.20. The van der Waals surface area contributed by atoms with E-state index in [0.717, 1.165) is 33.3 Å². The van der Waals surface area contributed by atoms with E-state index in [1.54, 1.807) is 31.4 Å². The Kier molecular flexibility index (Phi) is 6.43. The number of fused-ring (bicyclic) bond motifs is 1. The maximum absolute atomic E-state index is 12.9. The Labute approximate surface area is 184 Å². The van der Waals surface area contributed by atoms with Gasteiger partial charge in [0.1, 0.15) is 5.75 Å². The van der Waals surface area contributed by atoms with Crippen molar-refractivity contribution in [2.75, 3.05) is 13.7 Å². The number of aromatic carboxylic acids is 1. The number of nitrogens with one attached hydrogen (secondary N) is 1. The van der Waals surface area contributed by atoms with Gasteiger partial charge in [0.15, 0.2) is 0 Å². The largest absolute Gasteiger partial charge is 0.496 e. The summed E-state index contributed by atoms with van der Waals surface area (Å²) < 4.78 is 36.3. The average molecular weight is 444 g/mol. The van der Waals surface area contributed by atoms with Crippen molar-refractivity contribution in [1.82, 2.24) is 9.88 Å². The number of rotatable bonds is 7. The van der Waals surface area contributed by atoms with Crippen LogP contribution in [0.2, 0.25) is 0 Å². The zero-order chi connectivity index (χ0) is 22.8. The summed E-state index contributed by atoms with van der Waals surface area (Å²) in [6, 6.07) is 10.4. The van der Waals surface area contributed by atoms with Gasteiger partial charge in [0.2, 0.25) is 0 Å². The second-order valence-corrected chi connectivity index (χ2v) is 8.10. The second kappa shape index (κ2) is 9.26. The highest BCUT2D eigenvalue weighted by Crippen LogP contribution is 2.38. The van der Waals surface area contributed by atoms with Crippen molar-refractivity contribution in [3.8, 4) is 5.75 Å². The number of benzene rings is 2. The van der Waals surface area contributed by atoms with Crippen molar-refractivity contribution in [3.05, 3.63) is 64.8 Å². The Bertz CT molecular complexity index is 1100. The Morgan fingerprint density at radius 1 is 1.28 bits per heavy atom. The highest BCUT2D eigenvalue weighted by atomic mass is 19.3. The summed E-state index contributed by atoms with van der Waals surface area (Å²) in [5, 5.41) is 10.3. The molecule has 2 N–H and O–H groups in total. The van der Waals surface area contributed by atoms with E-state index in [0.29, 0.717) is 25.9 Å². The molecular formula is C24H26F2N2O4. The van der Waals surface area contributed by atoms with Gasteiger partial charge in [-0.05, 0) is 55.2 Å². The fraction of sp³-hybridized carbons (Fsp3) is 0.375. The molecule has 1 aliphatic heterocycles. The standard InChI is InChI=1S/C24H26F2N2O4/c1-14-11-21(31-2)19(18-7-9-27-22(14)18)13-28-10-8-17(32-24(25)26)12-20(28)15-3-5-16(6-4-15)23(29)30/h3-7,9,11,17,20,24,27H,8,10,12-13H2,1-2H3,(H,29,30). The summed E-state index contributed by atoms with van der Waals surface area (Å²) in [6.07, 6.45) is 2.20. The number of aryl methyl sites for hydroxylation is 1. The minimum atomic E-state index is -2.82. The number of piperidine rings is 1. The second-order valence-electron chi connectivity index (χ2n) is 8.10. The highest BCUT2D eigenvalue weighted by molar-refractivity contribution is 5.88. The molecule has 4 rings (SSSR count). The zero-order valence-electron chi connectivity index (χ0n) is 18.0. The summed E-state index contributed by atoms with van der Waals surface area (Å²) in [5.74, 6) is -0.226. The summed E-state index contributed by atoms with van der Waals surface area (Å²) in [7, 11) is 1.64. The van der Waals surface area contributed by atoms with Crippen molar-refractivity contribution in [1.29, 1.82) is 0 Å². The van der Waals surface area contributed by atoms with Gasteiger partial charge in [-0.2, -0.15) is 8.78 Å².